The van der Waals surface area contributed by atoms with Crippen LogP contribution in [0.3, 0.4) is 0 Å². The maximum absolute atomic E-state index is 5.32. The number of hydrogen-bond donors (Lipinski definition) is 1. The van der Waals surface area contributed by atoms with E-state index < -0.39 is 0 Å². The van der Waals surface area contributed by atoms with Gasteiger partial charge in [0.25, 0.3) is 0 Å². The Morgan fingerprint density at radius 3 is 2.56 bits per heavy atom. The highest BCUT2D eigenvalue weighted by molar-refractivity contribution is 14.1. The molecule has 0 radical (unpaired) electrons. The zero-order valence-corrected chi connectivity index (χ0v) is 7.80. The summed E-state index contributed by atoms with van der Waals surface area (Å²) < 4.78 is 2.07. The van der Waals surface area contributed by atoms with Crippen molar-refractivity contribution in [3.63, 3.8) is 0 Å². The van der Waals surface area contributed by atoms with E-state index in [1.807, 2.05) is 0 Å². The van der Waals surface area contributed by atoms with Crippen LogP contribution in [0.1, 0.15) is 25.7 Å². The third-order valence-electron chi connectivity index (χ3n) is 1.16. The summed E-state index contributed by atoms with van der Waals surface area (Å²) in [5.74, 6) is 0. The highest BCUT2D eigenvalue weighted by Crippen LogP contribution is 2.00. The molecule has 54 valence electrons. The summed E-state index contributed by atoms with van der Waals surface area (Å²) in [5.41, 5.74) is 5.32. The van der Waals surface area contributed by atoms with Crippen LogP contribution >= 0.6 is 22.6 Å². The summed E-state index contributed by atoms with van der Waals surface area (Å²) in [6.45, 7) is 0.841. The molecular formula is C7H14IN. The van der Waals surface area contributed by atoms with Crippen LogP contribution in [0.15, 0.2) is 10.2 Å². The minimum atomic E-state index is 0.841. The van der Waals surface area contributed by atoms with Crippen LogP contribution in [0, 0.1) is 0 Å². The lowest BCUT2D eigenvalue weighted by atomic mass is 10.2. The van der Waals surface area contributed by atoms with Crippen molar-refractivity contribution < 1.29 is 0 Å². The van der Waals surface area contributed by atoms with Gasteiger partial charge < -0.3 is 5.73 Å². The van der Waals surface area contributed by atoms with Gasteiger partial charge in [-0.05, 0) is 29.9 Å². The van der Waals surface area contributed by atoms with Crippen LogP contribution in [0.2, 0.25) is 0 Å². The SMILES string of the molecule is NCCCCC/C=C\I. The Hall–Kier alpha value is 0.430. The van der Waals surface area contributed by atoms with E-state index in [9.17, 15) is 0 Å². The Bertz CT molecular complexity index is 71.3. The summed E-state index contributed by atoms with van der Waals surface area (Å²) in [4.78, 5) is 0. The van der Waals surface area contributed by atoms with Crippen molar-refractivity contribution in [1.82, 2.24) is 0 Å². The van der Waals surface area contributed by atoms with Gasteiger partial charge in [0.05, 0.1) is 0 Å². The van der Waals surface area contributed by atoms with E-state index in [2.05, 4.69) is 32.7 Å². The lowest BCUT2D eigenvalue weighted by molar-refractivity contribution is 0.696. The molecule has 9 heavy (non-hydrogen) atoms. The van der Waals surface area contributed by atoms with Gasteiger partial charge in [-0.25, -0.2) is 0 Å². The van der Waals surface area contributed by atoms with Crippen molar-refractivity contribution in [2.75, 3.05) is 6.54 Å². The predicted molar refractivity (Wildman–Crippen MR) is 50.7 cm³/mol. The van der Waals surface area contributed by atoms with E-state index in [-0.39, 0.29) is 0 Å². The summed E-state index contributed by atoms with van der Waals surface area (Å²) in [5, 5.41) is 0. The van der Waals surface area contributed by atoms with Crippen LogP contribution < -0.4 is 5.73 Å². The molecule has 0 atom stereocenters. The highest BCUT2D eigenvalue weighted by Gasteiger charge is 1.82. The van der Waals surface area contributed by atoms with Crippen molar-refractivity contribution in [1.29, 1.82) is 0 Å². The van der Waals surface area contributed by atoms with Gasteiger partial charge in [0.15, 0.2) is 0 Å². The molecule has 0 rings (SSSR count). The van der Waals surface area contributed by atoms with Crippen LogP contribution in [0.5, 0.6) is 0 Å². The molecular weight excluding hydrogens is 225 g/mol. The first kappa shape index (κ1) is 9.43. The third-order valence-corrected chi connectivity index (χ3v) is 1.67. The van der Waals surface area contributed by atoms with E-state index in [0.29, 0.717) is 0 Å². The number of hydrogen-bond acceptors (Lipinski definition) is 1. The van der Waals surface area contributed by atoms with Crippen molar-refractivity contribution in [3.8, 4) is 0 Å². The average molecular weight is 239 g/mol. The standard InChI is InChI=1S/C7H14IN/c8-6-4-2-1-3-5-7-9/h4,6H,1-3,5,7,9H2/b6-4-. The molecule has 0 amide bonds. The molecule has 0 aromatic heterocycles. The smallest absolute Gasteiger partial charge is 0.00773 e. The van der Waals surface area contributed by atoms with Gasteiger partial charge in [0.1, 0.15) is 0 Å². The molecule has 0 aromatic rings. The summed E-state index contributed by atoms with van der Waals surface area (Å²) in [7, 11) is 0. The van der Waals surface area contributed by atoms with E-state index in [0.717, 1.165) is 6.54 Å². The maximum Gasteiger partial charge on any atom is -0.00773 e. The molecule has 0 aliphatic heterocycles. The third kappa shape index (κ3) is 8.43. The molecule has 0 unspecified atom stereocenters. The van der Waals surface area contributed by atoms with Gasteiger partial charge in [0.2, 0.25) is 0 Å². The van der Waals surface area contributed by atoms with E-state index in [1.54, 1.807) is 0 Å². The van der Waals surface area contributed by atoms with Gasteiger partial charge in [0, 0.05) is 0 Å². The quantitative estimate of drug-likeness (QED) is 0.578. The Morgan fingerprint density at radius 2 is 2.00 bits per heavy atom. The van der Waals surface area contributed by atoms with Crippen molar-refractivity contribution in [2.45, 2.75) is 25.7 Å². The molecule has 2 N–H and O–H groups in total. The number of rotatable bonds is 5. The first-order valence-corrected chi connectivity index (χ1v) is 4.61. The minimum Gasteiger partial charge on any atom is -0.330 e. The molecule has 0 saturated carbocycles. The number of halogens is 1. The van der Waals surface area contributed by atoms with Crippen LogP contribution in [-0.4, -0.2) is 6.54 Å². The lowest BCUT2D eigenvalue weighted by Gasteiger charge is -1.92. The monoisotopic (exact) mass is 239 g/mol. The molecule has 0 bridgehead atoms. The number of allylic oxidation sites excluding steroid dienone is 1. The van der Waals surface area contributed by atoms with Gasteiger partial charge in [-0.3, -0.25) is 0 Å². The molecule has 0 aliphatic rings. The largest absolute Gasteiger partial charge is 0.330 e. The van der Waals surface area contributed by atoms with Gasteiger partial charge in [-0.2, -0.15) is 0 Å². The van der Waals surface area contributed by atoms with Crippen LogP contribution in [-0.2, 0) is 0 Å². The van der Waals surface area contributed by atoms with E-state index in [1.165, 1.54) is 25.7 Å². The minimum absolute atomic E-state index is 0.841. The average Bonchev–Trinajstić information content (AvgIpc) is 1.89. The molecule has 0 saturated heterocycles. The fourth-order valence-electron chi connectivity index (χ4n) is 0.646. The maximum atomic E-state index is 5.32. The molecule has 0 aromatic carbocycles. The molecule has 0 heterocycles. The topological polar surface area (TPSA) is 26.0 Å². The van der Waals surface area contributed by atoms with Gasteiger partial charge in [-0.15, -0.1) is 0 Å². The first-order chi connectivity index (χ1) is 4.41. The highest BCUT2D eigenvalue weighted by atomic mass is 127. The Kier molecular flexibility index (Phi) is 8.83. The van der Waals surface area contributed by atoms with E-state index in [4.69, 9.17) is 5.73 Å². The fourth-order valence-corrected chi connectivity index (χ4v) is 1.01. The second-order valence-electron chi connectivity index (χ2n) is 2.00. The first-order valence-electron chi connectivity index (χ1n) is 3.37. The fraction of sp³-hybridized carbons (Fsp3) is 0.714. The Morgan fingerprint density at radius 1 is 1.22 bits per heavy atom. The van der Waals surface area contributed by atoms with Gasteiger partial charge in [-0.1, -0.05) is 35.1 Å². The summed E-state index contributed by atoms with van der Waals surface area (Å²) in [6, 6.07) is 0. The summed E-state index contributed by atoms with van der Waals surface area (Å²) in [6.07, 6.45) is 7.14. The van der Waals surface area contributed by atoms with Crippen molar-refractivity contribution in [3.05, 3.63) is 10.2 Å². The van der Waals surface area contributed by atoms with E-state index >= 15 is 0 Å². The molecule has 0 spiro atoms. The van der Waals surface area contributed by atoms with Crippen LogP contribution in [0.4, 0.5) is 0 Å². The van der Waals surface area contributed by atoms with Crippen molar-refractivity contribution in [2.24, 2.45) is 5.73 Å². The summed E-state index contributed by atoms with van der Waals surface area (Å²) >= 11 is 2.24. The second kappa shape index (κ2) is 8.43. The van der Waals surface area contributed by atoms with Crippen molar-refractivity contribution >= 4 is 22.6 Å². The molecule has 2 heteroatoms. The van der Waals surface area contributed by atoms with Crippen LogP contribution in [0.25, 0.3) is 0 Å². The van der Waals surface area contributed by atoms with Gasteiger partial charge >= 0.3 is 0 Å². The molecule has 0 aliphatic carbocycles. The Balaban J connectivity index is 2.75. The predicted octanol–water partition coefficient (Wildman–Crippen LogP) is 2.45. The molecule has 1 nitrogen and oxygen atoms in total. The lowest BCUT2D eigenvalue weighted by Crippen LogP contribution is -1.97. The number of unbranched alkanes of at least 4 members (excludes halogenated alkanes) is 3. The molecule has 0 fully saturated rings. The second-order valence-corrected chi connectivity index (χ2v) is 2.72. The zero-order chi connectivity index (χ0) is 6.95. The zero-order valence-electron chi connectivity index (χ0n) is 5.65. The normalized spacial score (nSPS) is 10.9. The number of nitrogens with two attached hydrogens (primary N) is 1. The Labute approximate surface area is 70.8 Å².